The van der Waals surface area contributed by atoms with Gasteiger partial charge in [0.25, 0.3) is 0 Å². The zero-order chi connectivity index (χ0) is 16.5. The molecule has 0 aliphatic carbocycles. The predicted molar refractivity (Wildman–Crippen MR) is 95.9 cm³/mol. The van der Waals surface area contributed by atoms with Crippen LogP contribution in [0.15, 0.2) is 53.5 Å². The summed E-state index contributed by atoms with van der Waals surface area (Å²) in [4.78, 5) is 4.28. The van der Waals surface area contributed by atoms with Crippen LogP contribution in [-0.4, -0.2) is 20.1 Å². The van der Waals surface area contributed by atoms with Gasteiger partial charge in [0.15, 0.2) is 5.96 Å². The van der Waals surface area contributed by atoms with Crippen LogP contribution in [-0.2, 0) is 19.5 Å². The lowest BCUT2D eigenvalue weighted by Gasteiger charge is -2.14. The minimum atomic E-state index is 0.721. The van der Waals surface area contributed by atoms with Gasteiger partial charge in [-0.15, -0.1) is 0 Å². The highest BCUT2D eigenvalue weighted by atomic mass is 16.5. The zero-order valence-corrected chi connectivity index (χ0v) is 14.1. The molecule has 4 nitrogen and oxygen atoms in total. The van der Waals surface area contributed by atoms with Crippen LogP contribution < -0.4 is 15.4 Å². The van der Waals surface area contributed by atoms with Crippen molar-refractivity contribution in [1.82, 2.24) is 10.6 Å². The first-order valence-electron chi connectivity index (χ1n) is 7.91. The van der Waals surface area contributed by atoms with Crippen LogP contribution in [0, 0.1) is 0 Å². The number of aliphatic imine (C=N–C) groups is 1. The molecule has 0 atom stereocenters. The number of rotatable bonds is 6. The number of hydrogen-bond acceptors (Lipinski definition) is 2. The van der Waals surface area contributed by atoms with Gasteiger partial charge >= 0.3 is 0 Å². The molecule has 0 radical (unpaired) electrons. The van der Waals surface area contributed by atoms with Gasteiger partial charge in [0.1, 0.15) is 5.75 Å². The highest BCUT2D eigenvalue weighted by Crippen LogP contribution is 2.11. The van der Waals surface area contributed by atoms with Gasteiger partial charge in [0.2, 0.25) is 0 Å². The summed E-state index contributed by atoms with van der Waals surface area (Å²) in [6.07, 6.45) is 1.04. The average Bonchev–Trinajstić information content (AvgIpc) is 2.62. The van der Waals surface area contributed by atoms with Crippen LogP contribution in [0.1, 0.15) is 23.6 Å². The third-order valence-electron chi connectivity index (χ3n) is 3.79. The van der Waals surface area contributed by atoms with Gasteiger partial charge in [-0.2, -0.15) is 0 Å². The van der Waals surface area contributed by atoms with E-state index >= 15 is 0 Å². The lowest BCUT2D eigenvalue weighted by molar-refractivity contribution is 0.414. The van der Waals surface area contributed by atoms with Crippen molar-refractivity contribution in [1.29, 1.82) is 0 Å². The third kappa shape index (κ3) is 5.02. The van der Waals surface area contributed by atoms with Gasteiger partial charge in [0.05, 0.1) is 7.11 Å². The molecule has 2 N–H and O–H groups in total. The quantitative estimate of drug-likeness (QED) is 0.636. The summed E-state index contributed by atoms with van der Waals surface area (Å²) in [5.74, 6) is 1.67. The standard InChI is InChI=1S/C19H25N3O/c1-4-16-7-5-6-8-17(16)14-22-19(20-2)21-13-15-9-11-18(23-3)12-10-15/h5-12H,4,13-14H2,1-3H3,(H2,20,21,22). The van der Waals surface area contributed by atoms with Gasteiger partial charge < -0.3 is 15.4 Å². The number of ether oxygens (including phenoxy) is 1. The minimum absolute atomic E-state index is 0.721. The Hall–Kier alpha value is -2.49. The predicted octanol–water partition coefficient (Wildman–Crippen LogP) is 3.12. The van der Waals surface area contributed by atoms with Crippen LogP contribution in [0.3, 0.4) is 0 Å². The summed E-state index contributed by atoms with van der Waals surface area (Å²) in [7, 11) is 3.46. The Balaban J connectivity index is 1.88. The van der Waals surface area contributed by atoms with Crippen LogP contribution in [0.4, 0.5) is 0 Å². The largest absolute Gasteiger partial charge is 0.497 e. The van der Waals surface area contributed by atoms with Crippen molar-refractivity contribution in [3.05, 3.63) is 65.2 Å². The second-order valence-electron chi connectivity index (χ2n) is 5.25. The Morgan fingerprint density at radius 3 is 2.22 bits per heavy atom. The van der Waals surface area contributed by atoms with Crippen molar-refractivity contribution in [3.8, 4) is 5.75 Å². The maximum Gasteiger partial charge on any atom is 0.191 e. The van der Waals surface area contributed by atoms with Gasteiger partial charge in [-0.25, -0.2) is 0 Å². The van der Waals surface area contributed by atoms with Gasteiger partial charge in [-0.3, -0.25) is 4.99 Å². The SMILES string of the molecule is CCc1ccccc1CNC(=NC)NCc1ccc(OC)cc1. The summed E-state index contributed by atoms with van der Waals surface area (Å²) in [5.41, 5.74) is 3.86. The molecule has 0 unspecified atom stereocenters. The number of benzene rings is 2. The molecule has 0 saturated heterocycles. The van der Waals surface area contributed by atoms with E-state index in [0.717, 1.165) is 31.2 Å². The molecule has 0 saturated carbocycles. The van der Waals surface area contributed by atoms with Crippen molar-refractivity contribution in [2.75, 3.05) is 14.2 Å². The Morgan fingerprint density at radius 2 is 1.61 bits per heavy atom. The first kappa shape index (κ1) is 16.9. The molecule has 4 heteroatoms. The molecule has 122 valence electrons. The molecule has 2 aromatic carbocycles. The average molecular weight is 311 g/mol. The van der Waals surface area contributed by atoms with Gasteiger partial charge in [0, 0.05) is 20.1 Å². The van der Waals surface area contributed by atoms with E-state index in [-0.39, 0.29) is 0 Å². The molecule has 23 heavy (non-hydrogen) atoms. The molecule has 0 bridgehead atoms. The molecular weight excluding hydrogens is 286 g/mol. The molecule has 0 amide bonds. The molecule has 0 aliphatic heterocycles. The smallest absolute Gasteiger partial charge is 0.191 e. The van der Waals surface area contributed by atoms with Crippen LogP contribution >= 0.6 is 0 Å². The summed E-state index contributed by atoms with van der Waals surface area (Å²) < 4.78 is 5.17. The Kier molecular flexibility index (Phi) is 6.48. The summed E-state index contributed by atoms with van der Waals surface area (Å²) in [5, 5.41) is 6.70. The summed E-state index contributed by atoms with van der Waals surface area (Å²) in [6.45, 7) is 3.67. The normalized spacial score (nSPS) is 11.2. The molecule has 0 heterocycles. The van der Waals surface area contributed by atoms with E-state index in [9.17, 15) is 0 Å². The molecule has 2 aromatic rings. The first-order chi connectivity index (χ1) is 11.3. The van der Waals surface area contributed by atoms with Crippen LogP contribution in [0.2, 0.25) is 0 Å². The maximum absolute atomic E-state index is 5.17. The van der Waals surface area contributed by atoms with Gasteiger partial charge in [-0.05, 0) is 35.2 Å². The van der Waals surface area contributed by atoms with E-state index in [1.165, 1.54) is 16.7 Å². The molecule has 2 rings (SSSR count). The lowest BCUT2D eigenvalue weighted by Crippen LogP contribution is -2.36. The van der Waals surface area contributed by atoms with Crippen molar-refractivity contribution in [2.24, 2.45) is 4.99 Å². The molecule has 0 spiro atoms. The van der Waals surface area contributed by atoms with Crippen molar-refractivity contribution >= 4 is 5.96 Å². The third-order valence-corrected chi connectivity index (χ3v) is 3.79. The van der Waals surface area contributed by atoms with Gasteiger partial charge in [-0.1, -0.05) is 43.3 Å². The zero-order valence-electron chi connectivity index (χ0n) is 14.1. The van der Waals surface area contributed by atoms with Crippen molar-refractivity contribution in [3.63, 3.8) is 0 Å². The minimum Gasteiger partial charge on any atom is -0.497 e. The topological polar surface area (TPSA) is 45.7 Å². The molecule has 0 aliphatic rings. The van der Waals surface area contributed by atoms with E-state index < -0.39 is 0 Å². The van der Waals surface area contributed by atoms with Crippen molar-refractivity contribution in [2.45, 2.75) is 26.4 Å². The van der Waals surface area contributed by atoms with E-state index in [4.69, 9.17) is 4.74 Å². The van der Waals surface area contributed by atoms with E-state index in [0.29, 0.717) is 0 Å². The maximum atomic E-state index is 5.17. The molecule has 0 fully saturated rings. The highest BCUT2D eigenvalue weighted by molar-refractivity contribution is 5.79. The highest BCUT2D eigenvalue weighted by Gasteiger charge is 2.02. The van der Waals surface area contributed by atoms with E-state index in [1.807, 2.05) is 24.3 Å². The van der Waals surface area contributed by atoms with Crippen LogP contribution in [0.25, 0.3) is 0 Å². The Morgan fingerprint density at radius 1 is 0.957 bits per heavy atom. The number of methoxy groups -OCH3 is 1. The number of hydrogen-bond donors (Lipinski definition) is 2. The second-order valence-corrected chi connectivity index (χ2v) is 5.25. The number of nitrogens with zero attached hydrogens (tertiary/aromatic N) is 1. The number of aryl methyl sites for hydroxylation is 1. The number of nitrogens with one attached hydrogen (secondary N) is 2. The van der Waals surface area contributed by atoms with E-state index in [2.05, 4.69) is 46.8 Å². The fourth-order valence-electron chi connectivity index (χ4n) is 2.40. The Bertz CT molecular complexity index is 635. The molecular formula is C19H25N3O. The number of guanidine groups is 1. The summed E-state index contributed by atoms with van der Waals surface area (Å²) >= 11 is 0. The Labute approximate surface area is 138 Å². The fourth-order valence-corrected chi connectivity index (χ4v) is 2.40. The first-order valence-corrected chi connectivity index (χ1v) is 7.91. The fraction of sp³-hybridized carbons (Fsp3) is 0.316. The van der Waals surface area contributed by atoms with E-state index in [1.54, 1.807) is 14.2 Å². The van der Waals surface area contributed by atoms with Crippen LogP contribution in [0.5, 0.6) is 5.75 Å². The lowest BCUT2D eigenvalue weighted by atomic mass is 10.1. The summed E-state index contributed by atoms with van der Waals surface area (Å²) in [6, 6.07) is 16.5. The van der Waals surface area contributed by atoms with Crippen molar-refractivity contribution < 1.29 is 4.74 Å². The molecule has 0 aromatic heterocycles. The second kappa shape index (κ2) is 8.83. The monoisotopic (exact) mass is 311 g/mol.